The molecule has 4 aromatic rings. The molecule has 0 bridgehead atoms. The van der Waals surface area contributed by atoms with Gasteiger partial charge in [0.25, 0.3) is 0 Å². The lowest BCUT2D eigenvalue weighted by molar-refractivity contribution is -0.115. The zero-order valence-electron chi connectivity index (χ0n) is 14.0. The number of imidazole rings is 1. The number of methoxy groups -OCH3 is 1. The second kappa shape index (κ2) is 6.97. The zero-order chi connectivity index (χ0) is 17.9. The normalized spacial score (nSPS) is 10.8. The number of anilines is 1. The van der Waals surface area contributed by atoms with Gasteiger partial charge in [-0.1, -0.05) is 12.1 Å². The van der Waals surface area contributed by atoms with E-state index in [9.17, 15) is 4.79 Å². The lowest BCUT2D eigenvalue weighted by atomic mass is 10.2. The molecule has 0 atom stereocenters. The number of amides is 1. The van der Waals surface area contributed by atoms with Crippen LogP contribution >= 0.6 is 11.3 Å². The molecule has 1 amide bonds. The van der Waals surface area contributed by atoms with Crippen molar-refractivity contribution in [1.82, 2.24) is 15.0 Å². The molecule has 0 aliphatic carbocycles. The van der Waals surface area contributed by atoms with Gasteiger partial charge in [-0.15, -0.1) is 11.3 Å². The second-order valence-electron chi connectivity index (χ2n) is 5.70. The topological polar surface area (TPSA) is 79.9 Å². The average molecular weight is 364 g/mol. The monoisotopic (exact) mass is 364 g/mol. The summed E-state index contributed by atoms with van der Waals surface area (Å²) >= 11 is 1.51. The lowest BCUT2D eigenvalue weighted by Crippen LogP contribution is -2.15. The number of nitrogens with zero attached hydrogens (tertiary/aromatic N) is 2. The van der Waals surface area contributed by atoms with Gasteiger partial charge in [-0.05, 0) is 36.4 Å². The Morgan fingerprint density at radius 2 is 1.96 bits per heavy atom. The summed E-state index contributed by atoms with van der Waals surface area (Å²) < 4.78 is 5.16. The fourth-order valence-corrected chi connectivity index (χ4v) is 3.43. The largest absolute Gasteiger partial charge is 0.497 e. The minimum Gasteiger partial charge on any atom is -0.497 e. The van der Waals surface area contributed by atoms with Crippen LogP contribution in [0.4, 0.5) is 5.95 Å². The van der Waals surface area contributed by atoms with Gasteiger partial charge in [0.15, 0.2) is 0 Å². The summed E-state index contributed by atoms with van der Waals surface area (Å²) in [4.78, 5) is 24.2. The third-order valence-electron chi connectivity index (χ3n) is 3.88. The van der Waals surface area contributed by atoms with Crippen LogP contribution in [0.5, 0.6) is 5.75 Å². The lowest BCUT2D eigenvalue weighted by Gasteiger charge is -2.01. The highest BCUT2D eigenvalue weighted by Gasteiger charge is 2.11. The highest BCUT2D eigenvalue weighted by atomic mass is 32.1. The Bertz CT molecular complexity index is 1020. The van der Waals surface area contributed by atoms with E-state index >= 15 is 0 Å². The minimum atomic E-state index is -0.157. The van der Waals surface area contributed by atoms with E-state index in [1.54, 1.807) is 7.11 Å². The zero-order valence-corrected chi connectivity index (χ0v) is 14.8. The summed E-state index contributed by atoms with van der Waals surface area (Å²) in [6.45, 7) is 0. The number of thiazole rings is 1. The number of carbonyl (C=O) groups is 1. The van der Waals surface area contributed by atoms with Crippen molar-refractivity contribution in [3.05, 3.63) is 59.6 Å². The number of nitrogens with one attached hydrogen (secondary N) is 2. The number of H-pyrrole nitrogens is 1. The van der Waals surface area contributed by atoms with Crippen LogP contribution in [0.2, 0.25) is 0 Å². The van der Waals surface area contributed by atoms with E-state index in [2.05, 4.69) is 20.3 Å². The number of benzene rings is 2. The Kier molecular flexibility index (Phi) is 4.37. The first-order valence-corrected chi connectivity index (χ1v) is 8.92. The molecule has 0 aliphatic rings. The number of aromatic amines is 1. The maximum absolute atomic E-state index is 12.3. The van der Waals surface area contributed by atoms with E-state index in [-0.39, 0.29) is 12.3 Å². The molecule has 7 heteroatoms. The summed E-state index contributed by atoms with van der Waals surface area (Å²) in [5.41, 5.74) is 3.44. The van der Waals surface area contributed by atoms with E-state index in [4.69, 9.17) is 4.74 Å². The molecule has 0 fully saturated rings. The summed E-state index contributed by atoms with van der Waals surface area (Å²) in [6.07, 6.45) is 0.198. The number of hydrogen-bond donors (Lipinski definition) is 2. The molecule has 0 saturated carbocycles. The summed E-state index contributed by atoms with van der Waals surface area (Å²) in [7, 11) is 1.64. The van der Waals surface area contributed by atoms with E-state index in [1.807, 2.05) is 53.9 Å². The van der Waals surface area contributed by atoms with Crippen LogP contribution in [0, 0.1) is 0 Å². The molecule has 2 heterocycles. The van der Waals surface area contributed by atoms with Crippen LogP contribution in [0.1, 0.15) is 5.69 Å². The molecular weight excluding hydrogens is 348 g/mol. The fraction of sp³-hybridized carbons (Fsp3) is 0.105. The minimum absolute atomic E-state index is 0.157. The molecule has 0 aliphatic heterocycles. The first kappa shape index (κ1) is 16.3. The molecule has 6 nitrogen and oxygen atoms in total. The van der Waals surface area contributed by atoms with Crippen molar-refractivity contribution in [3.8, 4) is 16.3 Å². The van der Waals surface area contributed by atoms with Gasteiger partial charge in [0.05, 0.1) is 30.3 Å². The molecule has 0 spiro atoms. The number of hydrogen-bond acceptors (Lipinski definition) is 5. The van der Waals surface area contributed by atoms with Gasteiger partial charge in [-0.3, -0.25) is 10.1 Å². The molecule has 26 heavy (non-hydrogen) atoms. The van der Waals surface area contributed by atoms with Crippen molar-refractivity contribution in [3.63, 3.8) is 0 Å². The molecular formula is C19H16N4O2S. The first-order chi connectivity index (χ1) is 12.7. The van der Waals surface area contributed by atoms with Gasteiger partial charge in [0.1, 0.15) is 10.8 Å². The van der Waals surface area contributed by atoms with Gasteiger partial charge in [-0.25, -0.2) is 9.97 Å². The Morgan fingerprint density at radius 3 is 2.73 bits per heavy atom. The van der Waals surface area contributed by atoms with Crippen molar-refractivity contribution in [2.24, 2.45) is 0 Å². The highest BCUT2D eigenvalue weighted by Crippen LogP contribution is 2.26. The molecule has 2 aromatic carbocycles. The van der Waals surface area contributed by atoms with Gasteiger partial charge >= 0.3 is 0 Å². The molecule has 2 N–H and O–H groups in total. The first-order valence-electron chi connectivity index (χ1n) is 8.05. The quantitative estimate of drug-likeness (QED) is 0.563. The SMILES string of the molecule is COc1ccc(-c2nc(CC(=O)Nc3nc4ccccc4[nH]3)cs2)cc1. The molecule has 130 valence electrons. The van der Waals surface area contributed by atoms with E-state index in [0.717, 1.165) is 33.0 Å². The van der Waals surface area contributed by atoms with Crippen molar-refractivity contribution in [1.29, 1.82) is 0 Å². The average Bonchev–Trinajstić information content (AvgIpc) is 3.28. The number of rotatable bonds is 5. The number of carbonyl (C=O) groups excluding carboxylic acids is 1. The van der Waals surface area contributed by atoms with Crippen LogP contribution in [-0.4, -0.2) is 28.0 Å². The standard InChI is InChI=1S/C19H16N4O2S/c1-25-14-8-6-12(7-9-14)18-20-13(11-26-18)10-17(24)23-19-21-15-4-2-3-5-16(15)22-19/h2-9,11H,10H2,1H3,(H2,21,22,23,24). The van der Waals surface area contributed by atoms with Crippen molar-refractivity contribution < 1.29 is 9.53 Å². The molecule has 0 unspecified atom stereocenters. The number of aromatic nitrogens is 3. The Hall–Kier alpha value is -3.19. The number of para-hydroxylation sites is 2. The van der Waals surface area contributed by atoms with Gasteiger partial charge in [0, 0.05) is 10.9 Å². The Morgan fingerprint density at radius 1 is 1.15 bits per heavy atom. The van der Waals surface area contributed by atoms with Crippen LogP contribution in [-0.2, 0) is 11.2 Å². The van der Waals surface area contributed by atoms with Crippen molar-refractivity contribution in [2.45, 2.75) is 6.42 Å². The Balaban J connectivity index is 1.43. The van der Waals surface area contributed by atoms with Crippen LogP contribution in [0.15, 0.2) is 53.9 Å². The van der Waals surface area contributed by atoms with E-state index in [0.29, 0.717) is 5.95 Å². The molecule has 0 saturated heterocycles. The van der Waals surface area contributed by atoms with Crippen LogP contribution in [0.25, 0.3) is 21.6 Å². The third kappa shape index (κ3) is 3.43. The molecule has 4 rings (SSSR count). The van der Waals surface area contributed by atoms with E-state index in [1.165, 1.54) is 11.3 Å². The van der Waals surface area contributed by atoms with Crippen molar-refractivity contribution in [2.75, 3.05) is 12.4 Å². The summed E-state index contributed by atoms with van der Waals surface area (Å²) in [6, 6.07) is 15.3. The summed E-state index contributed by atoms with van der Waals surface area (Å²) in [5, 5.41) is 5.56. The molecule has 0 radical (unpaired) electrons. The van der Waals surface area contributed by atoms with Crippen molar-refractivity contribution >= 4 is 34.2 Å². The predicted octanol–water partition coefficient (Wildman–Crippen LogP) is 3.88. The third-order valence-corrected chi connectivity index (χ3v) is 4.82. The highest BCUT2D eigenvalue weighted by molar-refractivity contribution is 7.13. The van der Waals surface area contributed by atoms with E-state index < -0.39 is 0 Å². The summed E-state index contributed by atoms with van der Waals surface area (Å²) in [5.74, 6) is 1.09. The smallest absolute Gasteiger partial charge is 0.232 e. The predicted molar refractivity (Wildman–Crippen MR) is 103 cm³/mol. The van der Waals surface area contributed by atoms with Crippen LogP contribution in [0.3, 0.4) is 0 Å². The maximum atomic E-state index is 12.3. The molecule has 2 aromatic heterocycles. The maximum Gasteiger partial charge on any atom is 0.232 e. The van der Waals surface area contributed by atoms with Gasteiger partial charge in [0.2, 0.25) is 11.9 Å². The Labute approximate surface area is 153 Å². The number of fused-ring (bicyclic) bond motifs is 1. The van der Waals surface area contributed by atoms with Gasteiger partial charge < -0.3 is 9.72 Å². The van der Waals surface area contributed by atoms with Gasteiger partial charge in [-0.2, -0.15) is 0 Å². The second-order valence-corrected chi connectivity index (χ2v) is 6.56. The van der Waals surface area contributed by atoms with Crippen LogP contribution < -0.4 is 10.1 Å². The number of ether oxygens (including phenoxy) is 1. The fourth-order valence-electron chi connectivity index (χ4n) is 2.61.